The Bertz CT molecular complexity index is 858. The number of hydrogen-bond donors (Lipinski definition) is 1. The number of anilines is 1. The molecule has 142 valence electrons. The number of benzene rings is 1. The molecule has 1 aromatic heterocycles. The maximum Gasteiger partial charge on any atom is 0.349 e. The third kappa shape index (κ3) is 4.76. The Hall–Kier alpha value is -2.06. The van der Waals surface area contributed by atoms with Crippen LogP contribution in [0.3, 0.4) is 0 Å². The third-order valence-electron chi connectivity index (χ3n) is 3.87. The Morgan fingerprint density at radius 1 is 1.19 bits per heavy atom. The number of carbonyl (C=O) groups is 1. The predicted molar refractivity (Wildman–Crippen MR) is 103 cm³/mol. The topological polar surface area (TPSA) is 81.7 Å². The highest BCUT2D eigenvalue weighted by Gasteiger charge is 2.25. The van der Waals surface area contributed by atoms with E-state index in [4.69, 9.17) is 4.74 Å². The number of carbonyl (C=O) groups excluding carboxylic acids is 1. The smallest absolute Gasteiger partial charge is 0.349 e. The second kappa shape index (κ2) is 9.05. The minimum atomic E-state index is -3.94. The van der Waals surface area contributed by atoms with Crippen LogP contribution in [0.25, 0.3) is 0 Å². The van der Waals surface area contributed by atoms with Gasteiger partial charge in [-0.1, -0.05) is 25.8 Å². The van der Waals surface area contributed by atoms with Gasteiger partial charge < -0.3 is 9.47 Å². The highest BCUT2D eigenvalue weighted by molar-refractivity contribution is 7.93. The van der Waals surface area contributed by atoms with Gasteiger partial charge in [0.15, 0.2) is 0 Å². The number of sulfonamides is 1. The summed E-state index contributed by atoms with van der Waals surface area (Å²) in [7, 11) is -1.23. The molecule has 0 aliphatic rings. The molecule has 0 saturated heterocycles. The summed E-state index contributed by atoms with van der Waals surface area (Å²) in [5.41, 5.74) is 1.41. The van der Waals surface area contributed by atoms with Crippen molar-refractivity contribution < 1.29 is 22.7 Å². The van der Waals surface area contributed by atoms with Crippen molar-refractivity contribution in [3.05, 3.63) is 40.1 Å². The van der Waals surface area contributed by atoms with Crippen molar-refractivity contribution in [2.75, 3.05) is 18.9 Å². The van der Waals surface area contributed by atoms with Gasteiger partial charge >= 0.3 is 5.97 Å². The number of hydrogen-bond acceptors (Lipinski definition) is 6. The number of thiophene rings is 1. The van der Waals surface area contributed by atoms with Crippen LogP contribution in [0.1, 0.15) is 41.4 Å². The molecule has 2 rings (SSSR count). The minimum Gasteiger partial charge on any atom is -0.495 e. The van der Waals surface area contributed by atoms with E-state index in [2.05, 4.69) is 16.4 Å². The molecule has 1 aromatic carbocycles. The van der Waals surface area contributed by atoms with E-state index < -0.39 is 16.0 Å². The molecular weight excluding hydrogens is 374 g/mol. The van der Waals surface area contributed by atoms with Crippen molar-refractivity contribution in [1.29, 1.82) is 0 Å². The van der Waals surface area contributed by atoms with E-state index in [1.54, 1.807) is 6.07 Å². The molecule has 0 aliphatic heterocycles. The first kappa shape index (κ1) is 20.3. The van der Waals surface area contributed by atoms with E-state index in [-0.39, 0.29) is 9.77 Å². The summed E-state index contributed by atoms with van der Waals surface area (Å²) in [5, 5.41) is 1.54. The van der Waals surface area contributed by atoms with E-state index in [1.165, 1.54) is 25.7 Å². The highest BCUT2D eigenvalue weighted by atomic mass is 32.2. The van der Waals surface area contributed by atoms with Gasteiger partial charge in [-0.15, -0.1) is 11.3 Å². The molecule has 0 unspecified atom stereocenters. The van der Waals surface area contributed by atoms with Gasteiger partial charge in [0.2, 0.25) is 0 Å². The van der Waals surface area contributed by atoms with Crippen molar-refractivity contribution in [1.82, 2.24) is 0 Å². The van der Waals surface area contributed by atoms with Crippen LogP contribution >= 0.6 is 11.3 Å². The summed E-state index contributed by atoms with van der Waals surface area (Å²) in [6, 6.07) is 6.78. The predicted octanol–water partition coefficient (Wildman–Crippen LogP) is 4.08. The summed E-state index contributed by atoms with van der Waals surface area (Å²) in [6.07, 6.45) is 4.26. The van der Waals surface area contributed by atoms with Gasteiger partial charge in [0.05, 0.1) is 19.9 Å². The average molecular weight is 398 g/mol. The van der Waals surface area contributed by atoms with Gasteiger partial charge in [-0.2, -0.15) is 0 Å². The number of esters is 1. The van der Waals surface area contributed by atoms with Crippen molar-refractivity contribution in [2.24, 2.45) is 0 Å². The lowest BCUT2D eigenvalue weighted by molar-refractivity contribution is 0.0602. The first-order valence-corrected chi connectivity index (χ1v) is 10.6. The lowest BCUT2D eigenvalue weighted by Gasteiger charge is -2.13. The number of rotatable bonds is 9. The Labute approximate surface area is 158 Å². The van der Waals surface area contributed by atoms with Crippen LogP contribution < -0.4 is 9.46 Å². The molecule has 2 aromatic rings. The molecule has 26 heavy (non-hydrogen) atoms. The second-order valence-corrected chi connectivity index (χ2v) is 8.27. The zero-order valence-electron chi connectivity index (χ0n) is 15.1. The normalized spacial score (nSPS) is 11.2. The summed E-state index contributed by atoms with van der Waals surface area (Å²) in [4.78, 5) is 11.7. The molecule has 0 radical (unpaired) electrons. The molecule has 0 spiro atoms. The first-order valence-electron chi connectivity index (χ1n) is 8.28. The van der Waals surface area contributed by atoms with Gasteiger partial charge in [-0.3, -0.25) is 4.72 Å². The molecule has 1 heterocycles. The average Bonchev–Trinajstić information content (AvgIpc) is 3.13. The zero-order valence-corrected chi connectivity index (χ0v) is 16.7. The van der Waals surface area contributed by atoms with E-state index in [1.807, 2.05) is 12.1 Å². The molecule has 0 amide bonds. The van der Waals surface area contributed by atoms with Crippen LogP contribution in [0.5, 0.6) is 5.75 Å². The number of nitrogens with one attached hydrogen (secondary N) is 1. The Kier molecular flexibility index (Phi) is 7.05. The number of methoxy groups -OCH3 is 2. The maximum absolute atomic E-state index is 12.7. The van der Waals surface area contributed by atoms with Crippen molar-refractivity contribution in [3.63, 3.8) is 0 Å². The van der Waals surface area contributed by atoms with Gasteiger partial charge in [0, 0.05) is 0 Å². The number of aryl methyl sites for hydroxylation is 1. The van der Waals surface area contributed by atoms with Gasteiger partial charge in [-0.05, 0) is 42.0 Å². The summed E-state index contributed by atoms with van der Waals surface area (Å²) < 4.78 is 37.9. The lowest BCUT2D eigenvalue weighted by Crippen LogP contribution is -2.16. The number of ether oxygens (including phenoxy) is 2. The third-order valence-corrected chi connectivity index (χ3v) is 6.30. The summed E-state index contributed by atoms with van der Waals surface area (Å²) in [6.45, 7) is 2.14. The van der Waals surface area contributed by atoms with Crippen LogP contribution in [0.15, 0.2) is 34.5 Å². The van der Waals surface area contributed by atoms with Gasteiger partial charge in [-0.25, -0.2) is 13.2 Å². The zero-order chi connectivity index (χ0) is 19.2. The molecule has 6 nitrogen and oxygen atoms in total. The minimum absolute atomic E-state index is 0.0372. The molecule has 1 N–H and O–H groups in total. The standard InChI is InChI=1S/C18H23NO5S2/c1-4-5-6-7-13-8-9-14(15(12-13)23-2)19-26(21,22)16-10-11-25-17(16)18(20)24-3/h8-12,19H,4-7H2,1-3H3. The van der Waals surface area contributed by atoms with Gasteiger partial charge in [0.1, 0.15) is 15.5 Å². The monoisotopic (exact) mass is 397 g/mol. The molecule has 0 bridgehead atoms. The Balaban J connectivity index is 2.26. The molecule has 0 fully saturated rings. The van der Waals surface area contributed by atoms with Crippen LogP contribution in [0, 0.1) is 0 Å². The fourth-order valence-corrected chi connectivity index (χ4v) is 4.91. The maximum atomic E-state index is 12.7. The van der Waals surface area contributed by atoms with Crippen LogP contribution in [0.2, 0.25) is 0 Å². The first-order chi connectivity index (χ1) is 12.4. The molecule has 0 saturated carbocycles. The molecule has 8 heteroatoms. The fourth-order valence-electron chi connectivity index (χ4n) is 2.50. The molecule has 0 atom stereocenters. The quantitative estimate of drug-likeness (QED) is 0.509. The van der Waals surface area contributed by atoms with Crippen LogP contribution in [0.4, 0.5) is 5.69 Å². The number of unbranched alkanes of at least 4 members (excludes halogenated alkanes) is 2. The lowest BCUT2D eigenvalue weighted by atomic mass is 10.1. The van der Waals surface area contributed by atoms with Crippen LogP contribution in [-0.2, 0) is 21.2 Å². The van der Waals surface area contributed by atoms with Crippen molar-refractivity contribution >= 4 is 33.0 Å². The fraction of sp³-hybridized carbons (Fsp3) is 0.389. The Morgan fingerprint density at radius 2 is 1.96 bits per heavy atom. The SMILES string of the molecule is CCCCCc1ccc(NS(=O)(=O)c2ccsc2C(=O)OC)c(OC)c1. The molecule has 0 aliphatic carbocycles. The molecular formula is C18H23NO5S2. The van der Waals surface area contributed by atoms with Gasteiger partial charge in [0.25, 0.3) is 10.0 Å². The highest BCUT2D eigenvalue weighted by Crippen LogP contribution is 2.31. The van der Waals surface area contributed by atoms with Crippen LogP contribution in [-0.4, -0.2) is 28.6 Å². The van der Waals surface area contributed by atoms with E-state index in [9.17, 15) is 13.2 Å². The van der Waals surface area contributed by atoms with Crippen molar-refractivity contribution in [2.45, 2.75) is 37.5 Å². The largest absolute Gasteiger partial charge is 0.495 e. The van der Waals surface area contributed by atoms with E-state index in [0.717, 1.165) is 42.6 Å². The van der Waals surface area contributed by atoms with Crippen molar-refractivity contribution in [3.8, 4) is 5.75 Å². The van der Waals surface area contributed by atoms with E-state index in [0.29, 0.717) is 11.4 Å². The summed E-state index contributed by atoms with van der Waals surface area (Å²) >= 11 is 1.02. The second-order valence-electron chi connectivity index (χ2n) is 5.70. The summed E-state index contributed by atoms with van der Waals surface area (Å²) in [5.74, 6) is -0.240. The Morgan fingerprint density at radius 3 is 2.62 bits per heavy atom. The van der Waals surface area contributed by atoms with E-state index >= 15 is 0 Å².